The van der Waals surface area contributed by atoms with Crippen LogP contribution in [0.5, 0.6) is 0 Å². The number of hydrazine groups is 1. The van der Waals surface area contributed by atoms with Gasteiger partial charge in [0, 0.05) is 5.70 Å². The number of aryl methyl sites for hydroxylation is 1. The van der Waals surface area contributed by atoms with Crippen LogP contribution in [0.3, 0.4) is 0 Å². The highest BCUT2D eigenvalue weighted by atomic mass is 32.1. The van der Waals surface area contributed by atoms with Crippen molar-refractivity contribution in [3.63, 3.8) is 0 Å². The maximum atomic E-state index is 11.5. The molecule has 5 heteroatoms. The molecule has 0 bridgehead atoms. The highest BCUT2D eigenvalue weighted by molar-refractivity contribution is 7.12. The van der Waals surface area contributed by atoms with E-state index in [2.05, 4.69) is 17.4 Å². The first-order valence-electron chi connectivity index (χ1n) is 5.50. The van der Waals surface area contributed by atoms with E-state index in [-0.39, 0.29) is 5.97 Å². The summed E-state index contributed by atoms with van der Waals surface area (Å²) in [7, 11) is 1.39. The number of rotatable bonds is 5. The van der Waals surface area contributed by atoms with Gasteiger partial charge in [0.2, 0.25) is 0 Å². The highest BCUT2D eigenvalue weighted by Crippen LogP contribution is 2.34. The number of carbonyl (C=O) groups is 1. The van der Waals surface area contributed by atoms with Gasteiger partial charge in [-0.2, -0.15) is 0 Å². The molecule has 0 spiro atoms. The second kappa shape index (κ2) is 4.79. The summed E-state index contributed by atoms with van der Waals surface area (Å²) in [6.07, 6.45) is 2.39. The van der Waals surface area contributed by atoms with Crippen molar-refractivity contribution in [2.24, 2.45) is 5.92 Å². The molecule has 2 N–H and O–H groups in total. The topological polar surface area (TPSA) is 50.4 Å². The summed E-state index contributed by atoms with van der Waals surface area (Å²) < 4.78 is 4.74. The van der Waals surface area contributed by atoms with Gasteiger partial charge in [-0.1, -0.05) is 6.58 Å². The normalized spacial score (nSPS) is 14.2. The summed E-state index contributed by atoms with van der Waals surface area (Å²) in [6, 6.07) is 0. The van der Waals surface area contributed by atoms with Gasteiger partial charge in [0.25, 0.3) is 0 Å². The lowest BCUT2D eigenvalue weighted by Crippen LogP contribution is -2.22. The first-order valence-corrected chi connectivity index (χ1v) is 6.38. The smallest absolute Gasteiger partial charge is 0.350 e. The zero-order chi connectivity index (χ0) is 12.4. The molecule has 1 aliphatic carbocycles. The number of hydrogen-bond donors (Lipinski definition) is 2. The molecule has 1 saturated carbocycles. The predicted molar refractivity (Wildman–Crippen MR) is 69.0 cm³/mol. The van der Waals surface area contributed by atoms with Crippen LogP contribution in [0.25, 0.3) is 0 Å². The Labute approximate surface area is 105 Å². The minimum atomic E-state index is -0.315. The first-order chi connectivity index (χ1) is 8.13. The Bertz CT molecular complexity index is 449. The van der Waals surface area contributed by atoms with Crippen LogP contribution in [-0.4, -0.2) is 13.1 Å². The maximum absolute atomic E-state index is 11.5. The summed E-state index contributed by atoms with van der Waals surface area (Å²) in [5.74, 6) is 0.257. The van der Waals surface area contributed by atoms with E-state index in [1.165, 1.54) is 31.3 Å². The van der Waals surface area contributed by atoms with Gasteiger partial charge in [-0.25, -0.2) is 4.79 Å². The lowest BCUT2D eigenvalue weighted by molar-refractivity contribution is 0.0607. The van der Waals surface area contributed by atoms with E-state index in [1.54, 1.807) is 0 Å². The number of allylic oxidation sites excluding steroid dienone is 1. The van der Waals surface area contributed by atoms with E-state index in [0.717, 1.165) is 16.9 Å². The Hall–Kier alpha value is -1.49. The molecular formula is C12H16N2O2S. The fourth-order valence-electron chi connectivity index (χ4n) is 1.52. The summed E-state index contributed by atoms with van der Waals surface area (Å²) in [6.45, 7) is 5.91. The average Bonchev–Trinajstić information content (AvgIpc) is 3.10. The molecule has 0 radical (unpaired) electrons. The van der Waals surface area contributed by atoms with Crippen LogP contribution in [0.1, 0.15) is 28.1 Å². The maximum Gasteiger partial charge on any atom is 0.350 e. The highest BCUT2D eigenvalue weighted by Gasteiger charge is 2.25. The molecule has 0 amide bonds. The Morgan fingerprint density at radius 1 is 1.59 bits per heavy atom. The molecule has 92 valence electrons. The molecule has 0 unspecified atom stereocenters. The van der Waals surface area contributed by atoms with Crippen molar-refractivity contribution >= 4 is 23.0 Å². The average molecular weight is 252 g/mol. The first kappa shape index (κ1) is 12.0. The van der Waals surface area contributed by atoms with Crippen molar-refractivity contribution in [2.45, 2.75) is 19.8 Å². The van der Waals surface area contributed by atoms with Gasteiger partial charge in [-0.3, -0.25) is 5.43 Å². The fourth-order valence-corrected chi connectivity index (χ4v) is 2.44. The van der Waals surface area contributed by atoms with Crippen molar-refractivity contribution in [1.82, 2.24) is 5.43 Å². The van der Waals surface area contributed by atoms with E-state index >= 15 is 0 Å². The minimum absolute atomic E-state index is 0.315. The number of esters is 1. The number of anilines is 1. The summed E-state index contributed by atoms with van der Waals surface area (Å²) >= 11 is 1.38. The largest absolute Gasteiger partial charge is 0.465 e. The van der Waals surface area contributed by atoms with E-state index in [1.807, 2.05) is 12.3 Å². The predicted octanol–water partition coefficient (Wildman–Crippen LogP) is 2.68. The Balaban J connectivity index is 2.05. The van der Waals surface area contributed by atoms with Crippen molar-refractivity contribution in [1.29, 1.82) is 0 Å². The third-order valence-electron chi connectivity index (χ3n) is 2.76. The number of thiophene rings is 1. The molecule has 1 heterocycles. The van der Waals surface area contributed by atoms with Crippen LogP contribution in [0.15, 0.2) is 17.7 Å². The van der Waals surface area contributed by atoms with Gasteiger partial charge >= 0.3 is 5.97 Å². The van der Waals surface area contributed by atoms with Crippen molar-refractivity contribution in [3.8, 4) is 0 Å². The van der Waals surface area contributed by atoms with Gasteiger partial charge in [0.1, 0.15) is 4.88 Å². The van der Waals surface area contributed by atoms with Gasteiger partial charge in [0.05, 0.1) is 12.8 Å². The van der Waals surface area contributed by atoms with Gasteiger partial charge < -0.3 is 10.2 Å². The van der Waals surface area contributed by atoms with E-state index < -0.39 is 0 Å². The lowest BCUT2D eigenvalue weighted by atomic mass is 10.3. The molecule has 0 aliphatic heterocycles. The molecule has 1 fully saturated rings. The molecular weight excluding hydrogens is 236 g/mol. The number of ether oxygens (including phenoxy) is 1. The molecule has 0 saturated heterocycles. The second-order valence-corrected chi connectivity index (χ2v) is 5.04. The quantitative estimate of drug-likeness (QED) is 0.625. The summed E-state index contributed by atoms with van der Waals surface area (Å²) in [4.78, 5) is 12.1. The van der Waals surface area contributed by atoms with Crippen LogP contribution >= 0.6 is 11.3 Å². The molecule has 1 aromatic rings. The van der Waals surface area contributed by atoms with Crippen LogP contribution in [0.2, 0.25) is 0 Å². The lowest BCUT2D eigenvalue weighted by Gasteiger charge is -2.12. The Morgan fingerprint density at radius 3 is 2.88 bits per heavy atom. The number of hydrogen-bond acceptors (Lipinski definition) is 5. The zero-order valence-electron chi connectivity index (χ0n) is 10.0. The zero-order valence-corrected chi connectivity index (χ0v) is 10.8. The number of methoxy groups -OCH3 is 1. The van der Waals surface area contributed by atoms with Crippen LogP contribution in [-0.2, 0) is 4.74 Å². The monoisotopic (exact) mass is 252 g/mol. The van der Waals surface area contributed by atoms with Gasteiger partial charge in [0.15, 0.2) is 0 Å². The third-order valence-corrected chi connectivity index (χ3v) is 3.84. The fraction of sp³-hybridized carbons (Fsp3) is 0.417. The molecule has 0 atom stereocenters. The second-order valence-electron chi connectivity index (χ2n) is 4.16. The Kier molecular flexibility index (Phi) is 3.38. The van der Waals surface area contributed by atoms with Gasteiger partial charge in [-0.15, -0.1) is 11.3 Å². The summed E-state index contributed by atoms with van der Waals surface area (Å²) in [5, 5.41) is 1.93. The molecule has 1 aromatic heterocycles. The van der Waals surface area contributed by atoms with Crippen molar-refractivity contribution in [3.05, 3.63) is 28.1 Å². The van der Waals surface area contributed by atoms with Crippen LogP contribution in [0.4, 0.5) is 5.69 Å². The van der Waals surface area contributed by atoms with Crippen LogP contribution < -0.4 is 10.9 Å². The van der Waals surface area contributed by atoms with Crippen molar-refractivity contribution < 1.29 is 9.53 Å². The van der Waals surface area contributed by atoms with Crippen molar-refractivity contribution in [2.75, 3.05) is 12.5 Å². The SMILES string of the molecule is C=C(NNc1c(C)csc1C(=O)OC)C1CC1. The van der Waals surface area contributed by atoms with Crippen LogP contribution in [0, 0.1) is 12.8 Å². The van der Waals surface area contributed by atoms with Gasteiger partial charge in [-0.05, 0) is 36.6 Å². The molecule has 1 aliphatic rings. The van der Waals surface area contributed by atoms with E-state index in [0.29, 0.717) is 10.8 Å². The minimum Gasteiger partial charge on any atom is -0.465 e. The Morgan fingerprint density at radius 2 is 2.29 bits per heavy atom. The number of nitrogens with one attached hydrogen (secondary N) is 2. The molecule has 0 aromatic carbocycles. The summed E-state index contributed by atoms with van der Waals surface area (Å²) in [5.41, 5.74) is 8.90. The number of carbonyl (C=O) groups excluding carboxylic acids is 1. The standard InChI is InChI=1S/C12H16N2O2S/c1-7-6-17-11(12(15)16-3)10(7)14-13-8(2)9-4-5-9/h6,9,13-14H,2,4-5H2,1,3H3. The molecule has 4 nitrogen and oxygen atoms in total. The molecule has 17 heavy (non-hydrogen) atoms. The van der Waals surface area contributed by atoms with E-state index in [9.17, 15) is 4.79 Å². The van der Waals surface area contributed by atoms with E-state index in [4.69, 9.17) is 4.74 Å². The third kappa shape index (κ3) is 2.61. The molecule has 2 rings (SSSR count).